The van der Waals surface area contributed by atoms with Gasteiger partial charge in [-0.05, 0) is 116 Å². The number of carboxylic acid groups (broad SMARTS) is 3. The molecule has 15 N–H and O–H groups in total. The molecule has 5 rings (SSSR count). The first kappa shape index (κ1) is 76.6. The molecule has 0 fully saturated rings. The normalized spacial score (nSPS) is 13.3. The number of aryl methyl sites for hydroxylation is 1. The highest BCUT2D eigenvalue weighted by Crippen LogP contribution is 2.24. The third-order valence-corrected chi connectivity index (χ3v) is 16.8. The van der Waals surface area contributed by atoms with Gasteiger partial charge >= 0.3 is 17.9 Å². The van der Waals surface area contributed by atoms with Gasteiger partial charge in [0.15, 0.2) is 0 Å². The maximum Gasteiger partial charge on any atom is 0.305 e. The van der Waals surface area contributed by atoms with Crippen LogP contribution in [0.2, 0.25) is 0 Å². The molecular formula is C66H84FN11O17S. The highest BCUT2D eigenvalue weighted by molar-refractivity contribution is 7.89. The van der Waals surface area contributed by atoms with Gasteiger partial charge in [0.2, 0.25) is 57.3 Å². The molecule has 518 valence electrons. The quantitative estimate of drug-likeness (QED) is 0.0251. The van der Waals surface area contributed by atoms with Gasteiger partial charge < -0.3 is 68.6 Å². The molecular weight excluding hydrogens is 1270 g/mol. The molecule has 6 atom stereocenters. The zero-order chi connectivity index (χ0) is 70.7. The van der Waals surface area contributed by atoms with Gasteiger partial charge in [-0.2, -0.15) is 4.72 Å². The molecule has 0 bridgehead atoms. The summed E-state index contributed by atoms with van der Waals surface area (Å²) in [6.07, 6.45) is -0.347. The van der Waals surface area contributed by atoms with Crippen molar-refractivity contribution in [2.75, 3.05) is 19.6 Å². The summed E-state index contributed by atoms with van der Waals surface area (Å²) in [5, 5.41) is 49.6. The predicted octanol–water partition coefficient (Wildman–Crippen LogP) is 2.55. The van der Waals surface area contributed by atoms with Crippen molar-refractivity contribution in [3.8, 4) is 0 Å². The maximum absolute atomic E-state index is 14.6. The Morgan fingerprint density at radius 1 is 0.552 bits per heavy atom. The van der Waals surface area contributed by atoms with Gasteiger partial charge in [0.1, 0.15) is 42.1 Å². The summed E-state index contributed by atoms with van der Waals surface area (Å²) in [5.41, 5.74) is 8.78. The summed E-state index contributed by atoms with van der Waals surface area (Å²) in [6, 6.07) is 15.0. The molecule has 0 saturated carbocycles. The van der Waals surface area contributed by atoms with Crippen molar-refractivity contribution in [2.24, 2.45) is 5.73 Å². The lowest BCUT2D eigenvalue weighted by atomic mass is 9.87. The Morgan fingerprint density at radius 3 is 1.73 bits per heavy atom. The minimum atomic E-state index is -4.59. The zero-order valence-electron chi connectivity index (χ0n) is 53.7. The molecule has 0 aliphatic heterocycles. The number of carbonyl (C=O) groups is 12. The Balaban J connectivity index is 1.24. The van der Waals surface area contributed by atoms with Crippen LogP contribution < -0.4 is 53.0 Å². The summed E-state index contributed by atoms with van der Waals surface area (Å²) in [6.45, 7) is 6.96. The number of fused-ring (bicyclic) bond motifs is 1. The molecule has 0 aliphatic carbocycles. The highest BCUT2D eigenvalue weighted by Gasteiger charge is 2.34. The summed E-state index contributed by atoms with van der Waals surface area (Å²) >= 11 is 0. The number of nitrogens with two attached hydrogens (primary N) is 1. The van der Waals surface area contributed by atoms with Gasteiger partial charge in [-0.3, -0.25) is 57.5 Å². The fourth-order valence-corrected chi connectivity index (χ4v) is 11.2. The minimum absolute atomic E-state index is 0.0114. The van der Waals surface area contributed by atoms with Gasteiger partial charge in [-0.15, -0.1) is 0 Å². The van der Waals surface area contributed by atoms with Crippen molar-refractivity contribution >= 4 is 92.0 Å². The Bertz CT molecular complexity index is 3690. The van der Waals surface area contributed by atoms with Gasteiger partial charge in [-0.1, -0.05) is 87.4 Å². The lowest BCUT2D eigenvalue weighted by Crippen LogP contribution is -2.58. The van der Waals surface area contributed by atoms with Crippen LogP contribution in [0.5, 0.6) is 0 Å². The number of rotatable bonds is 40. The van der Waals surface area contributed by atoms with Crippen LogP contribution in [-0.2, 0) is 81.0 Å². The molecule has 0 spiro atoms. The van der Waals surface area contributed by atoms with Crippen molar-refractivity contribution in [3.05, 3.63) is 137 Å². The van der Waals surface area contributed by atoms with Crippen LogP contribution in [0, 0.1) is 12.7 Å². The Hall–Kier alpha value is -10.1. The van der Waals surface area contributed by atoms with Crippen molar-refractivity contribution in [2.45, 2.75) is 164 Å². The molecule has 0 radical (unpaired) electrons. The van der Waals surface area contributed by atoms with E-state index in [4.69, 9.17) is 5.73 Å². The number of amides is 9. The molecule has 5 aromatic rings. The van der Waals surface area contributed by atoms with E-state index >= 15 is 0 Å². The van der Waals surface area contributed by atoms with Crippen LogP contribution in [0.15, 0.2) is 108 Å². The van der Waals surface area contributed by atoms with Gasteiger partial charge in [0.25, 0.3) is 5.91 Å². The zero-order valence-corrected chi connectivity index (χ0v) is 54.5. The van der Waals surface area contributed by atoms with Crippen molar-refractivity contribution in [3.63, 3.8) is 0 Å². The van der Waals surface area contributed by atoms with E-state index in [1.54, 1.807) is 42.6 Å². The second-order valence-electron chi connectivity index (χ2n) is 24.1. The lowest BCUT2D eigenvalue weighted by Gasteiger charge is -2.26. The highest BCUT2D eigenvalue weighted by atomic mass is 32.2. The van der Waals surface area contributed by atoms with Crippen LogP contribution in [0.4, 0.5) is 4.39 Å². The number of carboxylic acids is 3. The van der Waals surface area contributed by atoms with E-state index in [9.17, 15) is 85.7 Å². The van der Waals surface area contributed by atoms with E-state index in [1.807, 2.05) is 44.5 Å². The Morgan fingerprint density at radius 2 is 1.12 bits per heavy atom. The van der Waals surface area contributed by atoms with Crippen LogP contribution >= 0.6 is 0 Å². The first-order valence-corrected chi connectivity index (χ1v) is 32.6. The first-order chi connectivity index (χ1) is 45.4. The van der Waals surface area contributed by atoms with Crippen LogP contribution in [0.3, 0.4) is 0 Å². The van der Waals surface area contributed by atoms with E-state index in [2.05, 4.69) is 47.5 Å². The summed E-state index contributed by atoms with van der Waals surface area (Å²) in [4.78, 5) is 160. The smallest absolute Gasteiger partial charge is 0.305 e. The molecule has 1 heterocycles. The van der Waals surface area contributed by atoms with Gasteiger partial charge in [0.05, 0.1) is 17.9 Å². The number of nitrogens with one attached hydrogen (secondary N) is 10. The Kier molecular flexibility index (Phi) is 29.6. The molecule has 9 amide bonds. The lowest BCUT2D eigenvalue weighted by molar-refractivity contribution is -0.140. The average Bonchev–Trinajstić information content (AvgIpc) is 1.19. The van der Waals surface area contributed by atoms with Crippen LogP contribution in [-0.4, -0.2) is 156 Å². The molecule has 6 unspecified atom stereocenters. The number of H-pyrrole nitrogens is 1. The summed E-state index contributed by atoms with van der Waals surface area (Å²) < 4.78 is 43.5. The molecule has 0 saturated heterocycles. The molecule has 96 heavy (non-hydrogen) atoms. The molecule has 0 aliphatic rings. The fraction of sp³-hybridized carbons (Fsp3) is 0.424. The molecule has 4 aromatic carbocycles. The number of carbonyl (C=O) groups excluding carboxylic acids is 9. The second kappa shape index (κ2) is 37.1. The summed E-state index contributed by atoms with van der Waals surface area (Å²) in [5.74, 6) is -12.9. The summed E-state index contributed by atoms with van der Waals surface area (Å²) in [7, 11) is -4.59. The largest absolute Gasteiger partial charge is 0.481 e. The number of primary amides is 1. The number of aliphatic carboxylic acids is 3. The molecule has 30 heteroatoms. The number of para-hydroxylation sites is 1. The standard InChI is InChI=1S/C66H84FN11O17S/c1-39-19-21-41(22-20-39)60(88)69-32-11-9-17-48(59(68)87)73-54(79)18-6-5-10-31-70-61(89)49(27-29-56(81)82)75-64(92)52(35-42-37-71-47-16-8-7-15-46(42)47)77-63(91)51(34-40-13-12-14-44(67)33-40)74-55(80)38-72-62(90)50(28-30-57(83)84)76-65(93)53(36-58(85)86)78-96(94,95)45-25-23-43(24-26-45)66(2,3)4/h7-8,12-16,19-26,33,37,48-53,71,78H,5-6,9-11,17-18,27-32,34-36,38H2,1-4H3,(H2,68,87)(H,69,88)(H,70,89)(H,72,90)(H,73,79)(H,74,80)(H,75,92)(H,76,93)(H,77,91)(H,81,82)(H,83,84)(H,85,86). The number of aromatic amines is 1. The predicted molar refractivity (Wildman–Crippen MR) is 348 cm³/mol. The topological polar surface area (TPSA) is 450 Å². The van der Waals surface area contributed by atoms with E-state index in [0.29, 0.717) is 60.7 Å². The molecule has 28 nitrogen and oxygen atoms in total. The maximum atomic E-state index is 14.6. The SMILES string of the molecule is Cc1ccc(C(=O)NCCCCC(NC(=O)CCCCCNC(=O)C(CCC(=O)O)NC(=O)C(Cc2c[nH]c3ccccc23)NC(=O)C(Cc2cccc(F)c2)NC(=O)CNC(=O)C(CCC(=O)O)NC(=O)C(CC(=O)O)NS(=O)(=O)c2ccc(C(C)(C)C)cc2)C(N)=O)cc1. The van der Waals surface area contributed by atoms with E-state index in [-0.39, 0.29) is 47.6 Å². The van der Waals surface area contributed by atoms with Crippen LogP contribution in [0.1, 0.15) is 130 Å². The number of halogens is 1. The number of unbranched alkanes of at least 4 members (excludes halogenated alkanes) is 3. The van der Waals surface area contributed by atoms with E-state index in [1.165, 1.54) is 36.4 Å². The van der Waals surface area contributed by atoms with Crippen molar-refractivity contribution in [1.29, 1.82) is 0 Å². The Labute approximate surface area is 554 Å². The monoisotopic (exact) mass is 1350 g/mol. The van der Waals surface area contributed by atoms with E-state index < -0.39 is 162 Å². The minimum Gasteiger partial charge on any atom is -0.481 e. The van der Waals surface area contributed by atoms with Crippen molar-refractivity contribution in [1.82, 2.24) is 52.2 Å². The van der Waals surface area contributed by atoms with E-state index in [0.717, 1.165) is 23.3 Å². The van der Waals surface area contributed by atoms with Gasteiger partial charge in [0, 0.05) is 67.9 Å². The second-order valence-corrected chi connectivity index (χ2v) is 25.8. The molecule has 1 aromatic heterocycles. The van der Waals surface area contributed by atoms with Crippen LogP contribution in [0.25, 0.3) is 10.9 Å². The number of sulfonamides is 1. The third kappa shape index (κ3) is 26.0. The number of hydrogen-bond donors (Lipinski definition) is 14. The fourth-order valence-electron chi connectivity index (χ4n) is 9.97. The average molecular weight is 1350 g/mol. The number of hydrogen-bond acceptors (Lipinski definition) is 14. The number of aromatic nitrogens is 1. The number of benzene rings is 4. The van der Waals surface area contributed by atoms with Crippen molar-refractivity contribution < 1.29 is 85.7 Å². The third-order valence-electron chi connectivity index (χ3n) is 15.3. The van der Waals surface area contributed by atoms with Gasteiger partial charge in [-0.25, -0.2) is 12.8 Å². The first-order valence-electron chi connectivity index (χ1n) is 31.2.